The van der Waals surface area contributed by atoms with Crippen LogP contribution in [-0.2, 0) is 18.9 Å². The van der Waals surface area contributed by atoms with Gasteiger partial charge in [0.1, 0.15) is 23.9 Å². The van der Waals surface area contributed by atoms with Gasteiger partial charge >= 0.3 is 12.1 Å². The largest absolute Gasteiger partial charge is 0.494 e. The summed E-state index contributed by atoms with van der Waals surface area (Å²) in [5.74, 6) is 1.16. The van der Waals surface area contributed by atoms with Crippen molar-refractivity contribution in [2.24, 2.45) is 5.41 Å². The molecule has 2 atom stereocenters. The minimum atomic E-state index is -1.24. The highest BCUT2D eigenvalue weighted by Gasteiger charge is 2.28. The van der Waals surface area contributed by atoms with Gasteiger partial charge in [-0.2, -0.15) is 0 Å². The van der Waals surface area contributed by atoms with Gasteiger partial charge in [0.2, 0.25) is 6.29 Å². The van der Waals surface area contributed by atoms with Crippen LogP contribution in [0.25, 0.3) is 0 Å². The zero-order valence-corrected chi connectivity index (χ0v) is 25.2. The lowest BCUT2D eigenvalue weighted by Gasteiger charge is -2.26. The van der Waals surface area contributed by atoms with Gasteiger partial charge in [-0.3, -0.25) is 5.32 Å². The zero-order chi connectivity index (χ0) is 32.0. The molecule has 0 spiro atoms. The van der Waals surface area contributed by atoms with Crippen molar-refractivity contribution in [3.05, 3.63) is 109 Å². The van der Waals surface area contributed by atoms with Crippen LogP contribution in [0, 0.1) is 5.41 Å². The molecule has 44 heavy (non-hydrogen) atoms. The molecule has 3 rings (SSSR count). The molecule has 2 aromatic carbocycles. The van der Waals surface area contributed by atoms with Gasteiger partial charge in [-0.1, -0.05) is 45.2 Å². The van der Waals surface area contributed by atoms with Gasteiger partial charge in [0, 0.05) is 24.1 Å². The van der Waals surface area contributed by atoms with E-state index in [1.807, 2.05) is 13.8 Å². The van der Waals surface area contributed by atoms with Crippen LogP contribution >= 0.6 is 0 Å². The summed E-state index contributed by atoms with van der Waals surface area (Å²) in [6, 6.07) is 13.3. The summed E-state index contributed by atoms with van der Waals surface area (Å²) >= 11 is 0. The first-order chi connectivity index (χ1) is 21.1. The van der Waals surface area contributed by atoms with Crippen LogP contribution < -0.4 is 10.1 Å². The van der Waals surface area contributed by atoms with Gasteiger partial charge in [-0.05, 0) is 72.9 Å². The number of nitrogens with one attached hydrogen (secondary N) is 1. The molecule has 0 saturated heterocycles. The van der Waals surface area contributed by atoms with E-state index in [4.69, 9.17) is 23.7 Å². The van der Waals surface area contributed by atoms with E-state index in [1.54, 1.807) is 60.7 Å². The molecule has 10 nitrogen and oxygen atoms in total. The number of ether oxygens (including phenoxy) is 5. The molecule has 0 fully saturated rings. The lowest BCUT2D eigenvalue weighted by atomic mass is 9.85. The molecule has 3 N–H and O–H groups in total. The average Bonchev–Trinajstić information content (AvgIpc) is 3.14. The summed E-state index contributed by atoms with van der Waals surface area (Å²) < 4.78 is 27.3. The summed E-state index contributed by atoms with van der Waals surface area (Å²) in [7, 11) is 0. The quantitative estimate of drug-likeness (QED) is 0.0840. The van der Waals surface area contributed by atoms with E-state index in [0.29, 0.717) is 60.1 Å². The maximum Gasteiger partial charge on any atom is 0.411 e. The first kappa shape index (κ1) is 34.1. The van der Waals surface area contributed by atoms with Crippen molar-refractivity contribution in [3.63, 3.8) is 0 Å². The Hall–Kier alpha value is -4.38. The number of carbonyl (C=O) groups is 2. The van der Waals surface area contributed by atoms with E-state index in [0.717, 1.165) is 12.8 Å². The highest BCUT2D eigenvalue weighted by atomic mass is 16.6. The van der Waals surface area contributed by atoms with Gasteiger partial charge < -0.3 is 33.9 Å². The predicted octanol–water partition coefficient (Wildman–Crippen LogP) is 6.55. The Morgan fingerprint density at radius 1 is 0.955 bits per heavy atom. The smallest absolute Gasteiger partial charge is 0.411 e. The van der Waals surface area contributed by atoms with E-state index in [1.165, 1.54) is 12.2 Å². The lowest BCUT2D eigenvalue weighted by Crippen LogP contribution is -2.16. The second-order valence-corrected chi connectivity index (χ2v) is 10.9. The predicted molar refractivity (Wildman–Crippen MR) is 166 cm³/mol. The first-order valence-corrected chi connectivity index (χ1v) is 14.3. The van der Waals surface area contributed by atoms with E-state index in [9.17, 15) is 19.8 Å². The minimum Gasteiger partial charge on any atom is -0.494 e. The third-order valence-corrected chi connectivity index (χ3v) is 6.41. The van der Waals surface area contributed by atoms with Crippen molar-refractivity contribution in [3.8, 4) is 5.75 Å². The topological polar surface area (TPSA) is 133 Å². The second-order valence-electron chi connectivity index (χ2n) is 10.9. The van der Waals surface area contributed by atoms with Crippen molar-refractivity contribution in [2.75, 3.05) is 25.1 Å². The molecule has 10 heteroatoms. The molecule has 0 bridgehead atoms. The van der Waals surface area contributed by atoms with Crippen molar-refractivity contribution >= 4 is 17.7 Å². The first-order valence-electron chi connectivity index (χ1n) is 14.3. The van der Waals surface area contributed by atoms with Crippen LogP contribution in [0.4, 0.5) is 10.5 Å². The van der Waals surface area contributed by atoms with E-state index in [2.05, 4.69) is 18.5 Å². The Morgan fingerprint density at radius 2 is 1.61 bits per heavy atom. The summed E-state index contributed by atoms with van der Waals surface area (Å²) in [6.07, 6.45) is 5.83. The Kier molecular flexibility index (Phi) is 13.2. The third-order valence-electron chi connectivity index (χ3n) is 6.41. The van der Waals surface area contributed by atoms with Crippen LogP contribution in [0.2, 0.25) is 0 Å². The normalized spacial score (nSPS) is 15.4. The molecule has 0 heterocycles. The fourth-order valence-electron chi connectivity index (χ4n) is 4.22. The number of amides is 1. The van der Waals surface area contributed by atoms with Gasteiger partial charge in [-0.15, -0.1) is 0 Å². The highest BCUT2D eigenvalue weighted by molar-refractivity contribution is 5.90. The fourth-order valence-corrected chi connectivity index (χ4v) is 4.22. The van der Waals surface area contributed by atoms with Crippen molar-refractivity contribution in [1.29, 1.82) is 0 Å². The number of rotatable bonds is 16. The van der Waals surface area contributed by atoms with Gasteiger partial charge in [0.15, 0.2) is 6.29 Å². The number of aliphatic hydroxyl groups excluding tert-OH is 2. The number of allylic oxidation sites excluding steroid dienone is 4. The Morgan fingerprint density at radius 3 is 2.30 bits per heavy atom. The number of hydrogen-bond donors (Lipinski definition) is 3. The molecule has 0 saturated carbocycles. The molecule has 0 aromatic heterocycles. The standard InChI is InChI=1S/C34H41NO9/c1-5-19-42-33(39)35-26-13-9-24(10-14-26)31(37)43-28-17-18-29(23-34(3,4)22-28)44-32(38)25-11-15-27(16-12-25)40-20-7-8-21-41-30(36)6-2/h5-6,9-18,30-31,36-37H,1-2,7-8,19-23H2,3-4H3,(H,35,39). The van der Waals surface area contributed by atoms with Crippen LogP contribution in [0.1, 0.15) is 61.7 Å². The summed E-state index contributed by atoms with van der Waals surface area (Å²) in [4.78, 5) is 24.6. The Balaban J connectivity index is 1.52. The van der Waals surface area contributed by atoms with Crippen molar-refractivity contribution in [2.45, 2.75) is 52.1 Å². The van der Waals surface area contributed by atoms with Crippen LogP contribution in [0.3, 0.4) is 0 Å². The van der Waals surface area contributed by atoms with E-state index < -0.39 is 24.6 Å². The maximum absolute atomic E-state index is 12.9. The maximum atomic E-state index is 12.9. The summed E-state index contributed by atoms with van der Waals surface area (Å²) in [5.41, 5.74) is 1.07. The molecule has 2 unspecified atom stereocenters. The molecular weight excluding hydrogens is 566 g/mol. The minimum absolute atomic E-state index is 0.100. The zero-order valence-electron chi connectivity index (χ0n) is 25.2. The molecule has 0 aliphatic heterocycles. The molecule has 1 aliphatic rings. The van der Waals surface area contributed by atoms with E-state index >= 15 is 0 Å². The van der Waals surface area contributed by atoms with E-state index in [-0.39, 0.29) is 12.0 Å². The summed E-state index contributed by atoms with van der Waals surface area (Å²) in [6.45, 7) is 12.0. The number of carbonyl (C=O) groups excluding carboxylic acids is 2. The molecule has 2 aromatic rings. The Labute approximate surface area is 258 Å². The van der Waals surface area contributed by atoms with Gasteiger partial charge in [0.05, 0.1) is 18.8 Å². The van der Waals surface area contributed by atoms with Crippen LogP contribution in [0.5, 0.6) is 5.75 Å². The molecule has 1 aliphatic carbocycles. The van der Waals surface area contributed by atoms with Gasteiger partial charge in [-0.25, -0.2) is 9.59 Å². The number of aliphatic hydroxyl groups is 2. The van der Waals surface area contributed by atoms with Crippen LogP contribution in [-0.4, -0.2) is 48.4 Å². The van der Waals surface area contributed by atoms with Gasteiger partial charge in [0.25, 0.3) is 0 Å². The number of hydrogen-bond acceptors (Lipinski definition) is 9. The van der Waals surface area contributed by atoms with Crippen LogP contribution in [0.15, 0.2) is 97.5 Å². The SMILES string of the molecule is C=CCOC(=O)Nc1ccc(C(O)OC2=CC=C(OC(=O)c3ccc(OCCCCOC(O)C=C)cc3)CC(C)(C)C2)cc1. The Bertz CT molecular complexity index is 1310. The number of esters is 1. The number of unbranched alkanes of at least 4 members (excludes halogenated alkanes) is 1. The fraction of sp³-hybridized carbons (Fsp3) is 0.353. The highest BCUT2D eigenvalue weighted by Crippen LogP contribution is 2.37. The molecule has 236 valence electrons. The third kappa shape index (κ3) is 11.7. The molecule has 0 radical (unpaired) electrons. The lowest BCUT2D eigenvalue weighted by molar-refractivity contribution is -0.0740. The molecular formula is C34H41NO9. The van der Waals surface area contributed by atoms with Crippen molar-refractivity contribution < 1.29 is 43.5 Å². The number of benzene rings is 2. The molecule has 1 amide bonds. The number of anilines is 1. The monoisotopic (exact) mass is 607 g/mol. The second kappa shape index (κ2) is 17.0. The average molecular weight is 608 g/mol. The van der Waals surface area contributed by atoms with Crippen molar-refractivity contribution in [1.82, 2.24) is 0 Å². The summed E-state index contributed by atoms with van der Waals surface area (Å²) in [5, 5.41) is 22.6.